The molecule has 0 unspecified atom stereocenters. The quantitative estimate of drug-likeness (QED) is 0.157. The van der Waals surface area contributed by atoms with Crippen molar-refractivity contribution in [2.45, 2.75) is 0 Å². The number of carbonyl (C=O) groups excluding carboxylic acids is 2. The second-order valence-corrected chi connectivity index (χ2v) is 15.8. The molecule has 11 aromatic rings. The van der Waals surface area contributed by atoms with Gasteiger partial charge in [-0.25, -0.2) is 4.90 Å². The maximum atomic E-state index is 14.6. The van der Waals surface area contributed by atoms with Gasteiger partial charge in [0.05, 0.1) is 61.9 Å². The molecule has 63 heavy (non-hydrogen) atoms. The van der Waals surface area contributed by atoms with Crippen molar-refractivity contribution in [3.63, 3.8) is 0 Å². The molecular formula is C57H34N4O2. The maximum absolute atomic E-state index is 14.6. The molecule has 0 fully saturated rings. The van der Waals surface area contributed by atoms with Crippen molar-refractivity contribution in [2.24, 2.45) is 0 Å². The highest BCUT2D eigenvalue weighted by atomic mass is 16.2. The summed E-state index contributed by atoms with van der Waals surface area (Å²) in [4.78, 5) is 29.9. The van der Waals surface area contributed by atoms with Crippen molar-refractivity contribution in [3.05, 3.63) is 223 Å². The third-order valence-corrected chi connectivity index (χ3v) is 12.5. The molecule has 12 rings (SSSR count). The molecule has 0 N–H and O–H groups in total. The number of amides is 2. The normalized spacial score (nSPS) is 12.5. The van der Waals surface area contributed by atoms with E-state index in [1.807, 2.05) is 42.5 Å². The summed E-state index contributed by atoms with van der Waals surface area (Å²) in [7, 11) is 0. The van der Waals surface area contributed by atoms with E-state index in [1.54, 1.807) is 24.3 Å². The maximum Gasteiger partial charge on any atom is 0.266 e. The van der Waals surface area contributed by atoms with Crippen LogP contribution < -0.4 is 4.90 Å². The molecule has 3 heterocycles. The zero-order chi connectivity index (χ0) is 42.2. The molecule has 0 radical (unpaired) electrons. The van der Waals surface area contributed by atoms with Gasteiger partial charge in [0, 0.05) is 38.2 Å². The Morgan fingerprint density at radius 3 is 1.38 bits per heavy atom. The summed E-state index contributed by atoms with van der Waals surface area (Å²) in [6, 6.07) is 71.5. The molecule has 2 aromatic heterocycles. The van der Waals surface area contributed by atoms with Crippen LogP contribution in [-0.2, 0) is 0 Å². The fraction of sp³-hybridized carbons (Fsp3) is 0. The van der Waals surface area contributed by atoms with Crippen LogP contribution in [-0.4, -0.2) is 20.9 Å². The topological polar surface area (TPSA) is 71.0 Å². The van der Waals surface area contributed by atoms with Gasteiger partial charge < -0.3 is 9.13 Å². The zero-order valence-corrected chi connectivity index (χ0v) is 33.7. The van der Waals surface area contributed by atoms with Crippen LogP contribution in [0.4, 0.5) is 5.69 Å². The van der Waals surface area contributed by atoms with Gasteiger partial charge >= 0.3 is 0 Å². The van der Waals surface area contributed by atoms with E-state index in [0.29, 0.717) is 27.9 Å². The first-order valence-electron chi connectivity index (χ1n) is 20.9. The molecule has 6 nitrogen and oxygen atoms in total. The number of nitriles is 1. The van der Waals surface area contributed by atoms with Crippen LogP contribution in [0.1, 0.15) is 26.3 Å². The number of para-hydroxylation sites is 5. The van der Waals surface area contributed by atoms with Crippen LogP contribution in [0.2, 0.25) is 0 Å². The summed E-state index contributed by atoms with van der Waals surface area (Å²) in [6.07, 6.45) is 0. The van der Waals surface area contributed by atoms with E-state index in [-0.39, 0.29) is 5.56 Å². The van der Waals surface area contributed by atoms with Gasteiger partial charge in [0.1, 0.15) is 0 Å². The van der Waals surface area contributed by atoms with E-state index >= 15 is 0 Å². The first kappa shape index (κ1) is 36.1. The number of imide groups is 1. The van der Waals surface area contributed by atoms with E-state index in [1.165, 1.54) is 4.90 Å². The van der Waals surface area contributed by atoms with Crippen LogP contribution in [0.3, 0.4) is 0 Å². The number of anilines is 1. The fourth-order valence-electron chi connectivity index (χ4n) is 9.81. The molecule has 294 valence electrons. The predicted molar refractivity (Wildman–Crippen MR) is 254 cm³/mol. The van der Waals surface area contributed by atoms with Gasteiger partial charge in [-0.2, -0.15) is 5.26 Å². The highest BCUT2D eigenvalue weighted by Gasteiger charge is 2.39. The molecule has 0 aliphatic carbocycles. The van der Waals surface area contributed by atoms with E-state index in [2.05, 4.69) is 155 Å². The summed E-state index contributed by atoms with van der Waals surface area (Å²) in [5.41, 5.74) is 12.3. The Balaban J connectivity index is 1.25. The number of nitrogens with zero attached hydrogens (tertiary/aromatic N) is 4. The number of hydrogen-bond donors (Lipinski definition) is 0. The van der Waals surface area contributed by atoms with E-state index in [4.69, 9.17) is 0 Å². The van der Waals surface area contributed by atoms with Crippen LogP contribution in [0, 0.1) is 11.3 Å². The zero-order valence-electron chi connectivity index (χ0n) is 33.7. The Hall–Kier alpha value is -8.79. The molecular weight excluding hydrogens is 773 g/mol. The molecule has 0 saturated heterocycles. The van der Waals surface area contributed by atoms with E-state index < -0.39 is 11.8 Å². The van der Waals surface area contributed by atoms with Crippen LogP contribution >= 0.6 is 0 Å². The smallest absolute Gasteiger partial charge is 0.266 e. The van der Waals surface area contributed by atoms with Crippen molar-refractivity contribution < 1.29 is 9.59 Å². The van der Waals surface area contributed by atoms with Gasteiger partial charge in [0.15, 0.2) is 0 Å². The fourth-order valence-corrected chi connectivity index (χ4v) is 9.81. The van der Waals surface area contributed by atoms with Gasteiger partial charge in [0.25, 0.3) is 11.8 Å². The summed E-state index contributed by atoms with van der Waals surface area (Å²) < 4.78 is 4.63. The first-order valence-corrected chi connectivity index (χ1v) is 20.9. The van der Waals surface area contributed by atoms with Crippen LogP contribution in [0.5, 0.6) is 0 Å². The first-order chi connectivity index (χ1) is 31.1. The Morgan fingerprint density at radius 1 is 0.381 bits per heavy atom. The highest BCUT2D eigenvalue weighted by molar-refractivity contribution is 6.36. The Morgan fingerprint density at radius 2 is 0.825 bits per heavy atom. The summed E-state index contributed by atoms with van der Waals surface area (Å²) in [6.45, 7) is 0. The van der Waals surface area contributed by atoms with Crippen molar-refractivity contribution in [3.8, 4) is 50.8 Å². The summed E-state index contributed by atoms with van der Waals surface area (Å²) >= 11 is 0. The lowest BCUT2D eigenvalue weighted by Gasteiger charge is -2.21. The second-order valence-electron chi connectivity index (χ2n) is 15.8. The largest absolute Gasteiger partial charge is 0.306 e. The number of carbonyl (C=O) groups is 2. The number of rotatable bonds is 6. The second kappa shape index (κ2) is 14.2. The average molecular weight is 807 g/mol. The summed E-state index contributed by atoms with van der Waals surface area (Å²) in [5, 5.41) is 15.6. The number of aromatic nitrogens is 2. The van der Waals surface area contributed by atoms with Crippen molar-refractivity contribution in [1.82, 2.24) is 9.13 Å². The molecule has 9 aromatic carbocycles. The SMILES string of the molecule is N#Cc1cc(-n2c3ccccc3c3cccc(-c4ccccc4)c32)c(-n2c3ccccc3c3cccc(-c4ccccc4)c32)cc1-c1cccc2c1C(=O)N(c1ccccc1)C2=O. The Labute approximate surface area is 362 Å². The van der Waals surface area contributed by atoms with E-state index in [0.717, 1.165) is 77.2 Å². The van der Waals surface area contributed by atoms with Gasteiger partial charge in [-0.05, 0) is 59.2 Å². The Bertz CT molecular complexity index is 3730. The number of hydrogen-bond acceptors (Lipinski definition) is 3. The van der Waals surface area contributed by atoms with Crippen LogP contribution in [0.25, 0.3) is 88.4 Å². The molecule has 0 atom stereocenters. The molecule has 0 spiro atoms. The molecule has 2 amide bonds. The van der Waals surface area contributed by atoms with Gasteiger partial charge in [-0.15, -0.1) is 0 Å². The monoisotopic (exact) mass is 806 g/mol. The number of benzene rings is 9. The Kier molecular flexibility index (Phi) is 8.11. The minimum atomic E-state index is -0.426. The standard InChI is InChI=1S/C57H34N4O2/c58-35-38-33-51(60-49-31-12-10-23-42(49)45-28-14-25-40(54(45)60)36-17-4-1-5-18-36)52(34-48(38)44-27-16-30-47-53(44)57(63)59(56(47)62)39-21-8-3-9-22-39)61-50-32-13-11-24-43(50)46-29-15-26-41(55(46)61)37-19-6-2-7-20-37/h1-34H. The molecule has 1 aliphatic rings. The van der Waals surface area contributed by atoms with Crippen molar-refractivity contribution >= 4 is 61.1 Å². The van der Waals surface area contributed by atoms with Crippen molar-refractivity contribution in [1.29, 1.82) is 5.26 Å². The van der Waals surface area contributed by atoms with Gasteiger partial charge in [0.2, 0.25) is 0 Å². The van der Waals surface area contributed by atoms with Gasteiger partial charge in [-0.1, -0.05) is 164 Å². The highest BCUT2D eigenvalue weighted by Crippen LogP contribution is 2.46. The van der Waals surface area contributed by atoms with E-state index in [9.17, 15) is 14.9 Å². The molecule has 0 saturated carbocycles. The minimum absolute atomic E-state index is 0.275. The average Bonchev–Trinajstić information content (AvgIpc) is 3.96. The third kappa shape index (κ3) is 5.37. The minimum Gasteiger partial charge on any atom is -0.306 e. The summed E-state index contributed by atoms with van der Waals surface area (Å²) in [5.74, 6) is -0.823. The predicted octanol–water partition coefficient (Wildman–Crippen LogP) is 13.6. The lowest BCUT2D eigenvalue weighted by atomic mass is 9.92. The molecule has 0 bridgehead atoms. The molecule has 6 heteroatoms. The van der Waals surface area contributed by atoms with Crippen molar-refractivity contribution in [2.75, 3.05) is 4.90 Å². The molecule has 1 aliphatic heterocycles. The lowest BCUT2D eigenvalue weighted by molar-refractivity contribution is 0.0926. The lowest BCUT2D eigenvalue weighted by Crippen LogP contribution is -2.29. The van der Waals surface area contributed by atoms with Crippen LogP contribution in [0.15, 0.2) is 206 Å². The van der Waals surface area contributed by atoms with Gasteiger partial charge in [-0.3, -0.25) is 9.59 Å². The number of fused-ring (bicyclic) bond motifs is 7. The third-order valence-electron chi connectivity index (χ3n) is 12.5.